The third kappa shape index (κ3) is 2.76. The topological polar surface area (TPSA) is 109 Å². The molecule has 1 heterocycles. The summed E-state index contributed by atoms with van der Waals surface area (Å²) in [7, 11) is -3.73. The molecule has 7 heteroatoms. The molecule has 0 amide bonds. The van der Waals surface area contributed by atoms with Gasteiger partial charge in [0.15, 0.2) is 5.69 Å². The summed E-state index contributed by atoms with van der Waals surface area (Å²) in [4.78, 5) is 3.56. The highest BCUT2D eigenvalue weighted by Crippen LogP contribution is 2.11. The van der Waals surface area contributed by atoms with E-state index < -0.39 is 16.1 Å². The zero-order chi connectivity index (χ0) is 12.2. The van der Waals surface area contributed by atoms with Gasteiger partial charge in [-0.1, -0.05) is 0 Å². The van der Waals surface area contributed by atoms with Gasteiger partial charge >= 0.3 is 0 Å². The Morgan fingerprint density at radius 2 is 2.38 bits per heavy atom. The zero-order valence-corrected chi connectivity index (χ0v) is 9.53. The van der Waals surface area contributed by atoms with Crippen molar-refractivity contribution in [3.05, 3.63) is 24.0 Å². The van der Waals surface area contributed by atoms with Crippen molar-refractivity contribution in [1.82, 2.24) is 9.71 Å². The lowest BCUT2D eigenvalue weighted by Gasteiger charge is -2.12. The van der Waals surface area contributed by atoms with E-state index in [-0.39, 0.29) is 17.1 Å². The lowest BCUT2D eigenvalue weighted by atomic mass is 10.4. The van der Waals surface area contributed by atoms with Crippen molar-refractivity contribution < 1.29 is 8.42 Å². The zero-order valence-electron chi connectivity index (χ0n) is 8.71. The second-order valence-electron chi connectivity index (χ2n) is 3.22. The molecule has 86 valence electrons. The second-order valence-corrected chi connectivity index (χ2v) is 4.90. The number of nitrogens with zero attached hydrogens (tertiary/aromatic N) is 2. The molecule has 0 aliphatic heterocycles. The fourth-order valence-corrected chi connectivity index (χ4v) is 2.43. The van der Waals surface area contributed by atoms with Crippen LogP contribution in [0.4, 0.5) is 0 Å². The van der Waals surface area contributed by atoms with Crippen LogP contribution in [0.15, 0.2) is 23.2 Å². The van der Waals surface area contributed by atoms with Crippen molar-refractivity contribution in [2.45, 2.75) is 17.9 Å². The highest BCUT2D eigenvalue weighted by Gasteiger charge is 2.20. The molecule has 1 atom stereocenters. The molecule has 0 saturated carbocycles. The quantitative estimate of drug-likeness (QED) is 0.742. The van der Waals surface area contributed by atoms with Crippen LogP contribution < -0.4 is 10.5 Å². The largest absolute Gasteiger partial charge is 0.329 e. The Labute approximate surface area is 94.2 Å². The van der Waals surface area contributed by atoms with Crippen molar-refractivity contribution in [2.24, 2.45) is 5.73 Å². The number of nitrogens with two attached hydrogens (primary N) is 1. The van der Waals surface area contributed by atoms with Crippen LogP contribution in [-0.4, -0.2) is 26.0 Å². The molecule has 1 aromatic rings. The Morgan fingerprint density at radius 1 is 1.69 bits per heavy atom. The van der Waals surface area contributed by atoms with E-state index in [0.717, 1.165) is 0 Å². The third-order valence-corrected chi connectivity index (χ3v) is 3.50. The predicted molar refractivity (Wildman–Crippen MR) is 57.8 cm³/mol. The van der Waals surface area contributed by atoms with E-state index in [2.05, 4.69) is 9.71 Å². The summed E-state index contributed by atoms with van der Waals surface area (Å²) >= 11 is 0. The fraction of sp³-hybridized carbons (Fsp3) is 0.333. The van der Waals surface area contributed by atoms with Gasteiger partial charge in [0.1, 0.15) is 11.0 Å². The molecule has 0 aliphatic carbocycles. The Balaban J connectivity index is 3.13. The molecule has 1 unspecified atom stereocenters. The first-order valence-corrected chi connectivity index (χ1v) is 6.07. The number of aromatic nitrogens is 1. The van der Waals surface area contributed by atoms with Crippen molar-refractivity contribution in [3.8, 4) is 6.07 Å². The number of hydrogen-bond donors (Lipinski definition) is 2. The van der Waals surface area contributed by atoms with Crippen LogP contribution in [0.2, 0.25) is 0 Å². The molecule has 0 fully saturated rings. The van der Waals surface area contributed by atoms with Crippen LogP contribution in [0.3, 0.4) is 0 Å². The maximum Gasteiger partial charge on any atom is 0.243 e. The van der Waals surface area contributed by atoms with Crippen LogP contribution in [-0.2, 0) is 10.0 Å². The van der Waals surface area contributed by atoms with E-state index in [4.69, 9.17) is 11.0 Å². The second kappa shape index (κ2) is 5.03. The first-order chi connectivity index (χ1) is 7.51. The molecule has 0 radical (unpaired) electrons. The van der Waals surface area contributed by atoms with E-state index in [0.29, 0.717) is 0 Å². The standard InChI is InChI=1S/C9H12N4O2S/c1-7(5-10)13-16(14,15)9-3-2-4-12-8(9)6-11/h2-4,7,13H,5,10H2,1H3. The highest BCUT2D eigenvalue weighted by atomic mass is 32.2. The maximum atomic E-state index is 11.8. The number of sulfonamides is 1. The molecule has 1 aromatic heterocycles. The minimum atomic E-state index is -3.73. The summed E-state index contributed by atoms with van der Waals surface area (Å²) in [6, 6.07) is 4.13. The fourth-order valence-electron chi connectivity index (χ4n) is 1.07. The smallest absolute Gasteiger partial charge is 0.243 e. The van der Waals surface area contributed by atoms with Gasteiger partial charge in [0.25, 0.3) is 0 Å². The Bertz CT molecular complexity index is 506. The van der Waals surface area contributed by atoms with Crippen LogP contribution in [0.25, 0.3) is 0 Å². The molecule has 0 saturated heterocycles. The number of hydrogen-bond acceptors (Lipinski definition) is 5. The average Bonchev–Trinajstić information content (AvgIpc) is 2.28. The molecule has 0 bridgehead atoms. The SMILES string of the molecule is CC(CN)NS(=O)(=O)c1cccnc1C#N. The van der Waals surface area contributed by atoms with E-state index in [9.17, 15) is 8.42 Å². The minimum Gasteiger partial charge on any atom is -0.329 e. The Morgan fingerprint density at radius 3 is 2.94 bits per heavy atom. The van der Waals surface area contributed by atoms with Crippen molar-refractivity contribution in [3.63, 3.8) is 0 Å². The summed E-state index contributed by atoms with van der Waals surface area (Å²) in [5.41, 5.74) is 5.19. The van der Waals surface area contributed by atoms with Gasteiger partial charge in [-0.3, -0.25) is 0 Å². The first kappa shape index (κ1) is 12.6. The average molecular weight is 240 g/mol. The number of nitriles is 1. The van der Waals surface area contributed by atoms with Gasteiger partial charge in [0.05, 0.1) is 0 Å². The van der Waals surface area contributed by atoms with Gasteiger partial charge in [0.2, 0.25) is 10.0 Å². The van der Waals surface area contributed by atoms with Crippen LogP contribution >= 0.6 is 0 Å². The van der Waals surface area contributed by atoms with Gasteiger partial charge in [-0.2, -0.15) is 5.26 Å². The molecule has 6 nitrogen and oxygen atoms in total. The molecule has 0 aliphatic rings. The van der Waals surface area contributed by atoms with E-state index >= 15 is 0 Å². The van der Waals surface area contributed by atoms with Gasteiger partial charge in [0, 0.05) is 18.8 Å². The first-order valence-electron chi connectivity index (χ1n) is 4.58. The number of nitrogens with one attached hydrogen (secondary N) is 1. The van der Waals surface area contributed by atoms with Gasteiger partial charge in [-0.05, 0) is 19.1 Å². The Hall–Kier alpha value is -1.49. The van der Waals surface area contributed by atoms with Crippen LogP contribution in [0.1, 0.15) is 12.6 Å². The van der Waals surface area contributed by atoms with Crippen LogP contribution in [0.5, 0.6) is 0 Å². The van der Waals surface area contributed by atoms with Crippen LogP contribution in [0, 0.1) is 11.3 Å². The van der Waals surface area contributed by atoms with E-state index in [1.807, 2.05) is 0 Å². The normalized spacial score (nSPS) is 13.1. The number of pyridine rings is 1. The Kier molecular flexibility index (Phi) is 3.95. The summed E-state index contributed by atoms with van der Waals surface area (Å²) < 4.78 is 26.0. The lowest BCUT2D eigenvalue weighted by Crippen LogP contribution is -2.38. The molecule has 1 rings (SSSR count). The lowest BCUT2D eigenvalue weighted by molar-refractivity contribution is 0.562. The summed E-state index contributed by atoms with van der Waals surface area (Å²) in [6.07, 6.45) is 1.37. The van der Waals surface area contributed by atoms with Gasteiger partial charge < -0.3 is 5.73 Å². The summed E-state index contributed by atoms with van der Waals surface area (Å²) in [6.45, 7) is 1.82. The predicted octanol–water partition coefficient (Wildman–Crippen LogP) is -0.421. The monoisotopic (exact) mass is 240 g/mol. The summed E-state index contributed by atoms with van der Waals surface area (Å²) in [5, 5.41) is 8.74. The van der Waals surface area contributed by atoms with E-state index in [1.54, 1.807) is 13.0 Å². The number of rotatable bonds is 4. The molecular weight excluding hydrogens is 228 g/mol. The van der Waals surface area contributed by atoms with Crippen molar-refractivity contribution in [1.29, 1.82) is 5.26 Å². The highest BCUT2D eigenvalue weighted by molar-refractivity contribution is 7.89. The van der Waals surface area contributed by atoms with Gasteiger partial charge in [-0.25, -0.2) is 18.1 Å². The molecule has 3 N–H and O–H groups in total. The van der Waals surface area contributed by atoms with Gasteiger partial charge in [-0.15, -0.1) is 0 Å². The molecule has 0 spiro atoms. The van der Waals surface area contributed by atoms with E-state index in [1.165, 1.54) is 18.3 Å². The summed E-state index contributed by atoms with van der Waals surface area (Å²) in [5.74, 6) is 0. The van der Waals surface area contributed by atoms with Crippen molar-refractivity contribution >= 4 is 10.0 Å². The minimum absolute atomic E-state index is 0.126. The molecule has 16 heavy (non-hydrogen) atoms. The third-order valence-electron chi connectivity index (χ3n) is 1.88. The maximum absolute atomic E-state index is 11.8. The molecule has 0 aromatic carbocycles. The van der Waals surface area contributed by atoms with Crippen molar-refractivity contribution in [2.75, 3.05) is 6.54 Å². The molecular formula is C9H12N4O2S.